The Labute approximate surface area is 139 Å². The van der Waals surface area contributed by atoms with Gasteiger partial charge in [0.05, 0.1) is 12.2 Å². The van der Waals surface area contributed by atoms with Gasteiger partial charge < -0.3 is 5.43 Å². The van der Waals surface area contributed by atoms with Gasteiger partial charge in [-0.1, -0.05) is 29.3 Å². The lowest BCUT2D eigenvalue weighted by molar-refractivity contribution is 0.388. The van der Waals surface area contributed by atoms with E-state index in [-0.39, 0.29) is 0 Å². The third kappa shape index (κ3) is 2.72. The van der Waals surface area contributed by atoms with E-state index in [0.717, 1.165) is 40.9 Å². The molecule has 2 aromatic rings. The first-order valence-corrected chi connectivity index (χ1v) is 8.06. The quantitative estimate of drug-likeness (QED) is 0.872. The number of benzene rings is 2. The summed E-state index contributed by atoms with van der Waals surface area (Å²) in [5.74, 6) is 0.480. The first-order chi connectivity index (χ1) is 10.7. The first-order valence-electron chi connectivity index (χ1n) is 7.30. The van der Waals surface area contributed by atoms with Crippen LogP contribution in [-0.2, 0) is 6.42 Å². The van der Waals surface area contributed by atoms with E-state index in [1.807, 2.05) is 36.4 Å². The normalized spacial score (nSPS) is 20.3. The van der Waals surface area contributed by atoms with Crippen molar-refractivity contribution in [3.8, 4) is 0 Å². The van der Waals surface area contributed by atoms with Crippen molar-refractivity contribution in [3.05, 3.63) is 58.1 Å². The molecule has 0 radical (unpaired) electrons. The average Bonchev–Trinajstić information content (AvgIpc) is 2.88. The number of nitrogens with one attached hydrogen (secondary N) is 1. The highest BCUT2D eigenvalue weighted by Gasteiger charge is 2.32. The number of anilines is 1. The monoisotopic (exact) mass is 331 g/mol. The Kier molecular flexibility index (Phi) is 3.57. The van der Waals surface area contributed by atoms with Crippen LogP contribution in [0.5, 0.6) is 0 Å². The van der Waals surface area contributed by atoms with Gasteiger partial charge in [-0.3, -0.25) is 4.99 Å². The smallest absolute Gasteiger partial charge is 0.0676 e. The maximum absolute atomic E-state index is 6.07. The van der Waals surface area contributed by atoms with E-state index in [4.69, 9.17) is 28.2 Å². The van der Waals surface area contributed by atoms with Crippen molar-refractivity contribution in [1.82, 2.24) is 5.01 Å². The number of nitrogens with zero attached hydrogens (tertiary/aromatic N) is 2. The molecule has 2 aliphatic heterocycles. The summed E-state index contributed by atoms with van der Waals surface area (Å²) in [4.78, 5) is 4.80. The molecule has 0 aliphatic carbocycles. The maximum atomic E-state index is 6.07. The molecule has 1 atom stereocenters. The summed E-state index contributed by atoms with van der Waals surface area (Å²) in [6.45, 7) is 1.79. The minimum atomic E-state index is 0.480. The van der Waals surface area contributed by atoms with E-state index in [0.29, 0.717) is 5.92 Å². The second-order valence-corrected chi connectivity index (χ2v) is 6.65. The molecule has 3 nitrogen and oxygen atoms in total. The number of hydrogen-bond donors (Lipinski definition) is 1. The molecule has 2 aliphatic rings. The predicted octanol–water partition coefficient (Wildman–Crippen LogP) is 4.58. The Morgan fingerprint density at radius 2 is 1.82 bits per heavy atom. The Morgan fingerprint density at radius 1 is 1.05 bits per heavy atom. The fourth-order valence-electron chi connectivity index (χ4n) is 3.10. The summed E-state index contributed by atoms with van der Waals surface area (Å²) in [6, 6.07) is 13.7. The zero-order valence-electron chi connectivity index (χ0n) is 11.9. The van der Waals surface area contributed by atoms with Gasteiger partial charge in [0.15, 0.2) is 0 Å². The fourth-order valence-corrected chi connectivity index (χ4v) is 3.39. The minimum Gasteiger partial charge on any atom is -0.318 e. The summed E-state index contributed by atoms with van der Waals surface area (Å²) in [6.07, 6.45) is 1.03. The lowest BCUT2D eigenvalue weighted by Gasteiger charge is -2.19. The van der Waals surface area contributed by atoms with Gasteiger partial charge in [-0.2, -0.15) is 0 Å². The topological polar surface area (TPSA) is 27.6 Å². The average molecular weight is 332 g/mol. The molecule has 22 heavy (non-hydrogen) atoms. The SMILES string of the molecule is Clc1ccc(NN2CC3=Nc4cc(Cl)ccc4CC3C2)cc1. The molecule has 1 unspecified atom stereocenters. The van der Waals surface area contributed by atoms with Crippen molar-refractivity contribution < 1.29 is 0 Å². The van der Waals surface area contributed by atoms with Crippen LogP contribution in [0.3, 0.4) is 0 Å². The summed E-state index contributed by atoms with van der Waals surface area (Å²) < 4.78 is 0. The van der Waals surface area contributed by atoms with Gasteiger partial charge in [-0.25, -0.2) is 5.01 Å². The maximum Gasteiger partial charge on any atom is 0.0676 e. The van der Waals surface area contributed by atoms with Crippen molar-refractivity contribution >= 4 is 40.3 Å². The van der Waals surface area contributed by atoms with E-state index in [1.54, 1.807) is 0 Å². The number of fused-ring (bicyclic) bond motifs is 2. The first kappa shape index (κ1) is 14.1. The lowest BCUT2D eigenvalue weighted by Crippen LogP contribution is -2.27. The molecule has 0 bridgehead atoms. The Hall–Kier alpha value is -1.55. The van der Waals surface area contributed by atoms with Gasteiger partial charge in [0.25, 0.3) is 0 Å². The Bertz CT molecular complexity index is 740. The van der Waals surface area contributed by atoms with Crippen LogP contribution in [0.15, 0.2) is 47.5 Å². The van der Waals surface area contributed by atoms with Crippen LogP contribution in [0.2, 0.25) is 10.0 Å². The van der Waals surface area contributed by atoms with Crippen molar-refractivity contribution in [2.75, 3.05) is 18.5 Å². The van der Waals surface area contributed by atoms with Crippen LogP contribution < -0.4 is 5.43 Å². The van der Waals surface area contributed by atoms with Crippen LogP contribution in [0, 0.1) is 5.92 Å². The highest BCUT2D eigenvalue weighted by molar-refractivity contribution is 6.31. The number of aliphatic imine (C=N–C) groups is 1. The summed E-state index contributed by atoms with van der Waals surface area (Å²) in [7, 11) is 0. The summed E-state index contributed by atoms with van der Waals surface area (Å²) in [5, 5.41) is 3.70. The number of rotatable bonds is 2. The molecule has 0 saturated carbocycles. The van der Waals surface area contributed by atoms with E-state index in [2.05, 4.69) is 16.5 Å². The largest absolute Gasteiger partial charge is 0.318 e. The van der Waals surface area contributed by atoms with Crippen LogP contribution in [-0.4, -0.2) is 23.8 Å². The third-order valence-corrected chi connectivity index (χ3v) is 4.66. The highest BCUT2D eigenvalue weighted by Crippen LogP contribution is 2.34. The van der Waals surface area contributed by atoms with Gasteiger partial charge >= 0.3 is 0 Å². The molecule has 2 heterocycles. The molecule has 1 N–H and O–H groups in total. The molecular formula is C17H15Cl2N3. The second kappa shape index (κ2) is 5.58. The van der Waals surface area contributed by atoms with Crippen LogP contribution in [0.25, 0.3) is 0 Å². The van der Waals surface area contributed by atoms with Gasteiger partial charge in [-0.15, -0.1) is 0 Å². The molecule has 0 aromatic heterocycles. The van der Waals surface area contributed by atoms with Crippen molar-refractivity contribution in [1.29, 1.82) is 0 Å². The van der Waals surface area contributed by atoms with Crippen molar-refractivity contribution in [3.63, 3.8) is 0 Å². The zero-order chi connectivity index (χ0) is 15.1. The van der Waals surface area contributed by atoms with Crippen molar-refractivity contribution in [2.45, 2.75) is 6.42 Å². The van der Waals surface area contributed by atoms with Crippen LogP contribution >= 0.6 is 23.2 Å². The van der Waals surface area contributed by atoms with E-state index < -0.39 is 0 Å². The van der Waals surface area contributed by atoms with Gasteiger partial charge in [0.2, 0.25) is 0 Å². The zero-order valence-corrected chi connectivity index (χ0v) is 13.4. The lowest BCUT2D eigenvalue weighted by atomic mass is 9.93. The molecule has 1 fully saturated rings. The summed E-state index contributed by atoms with van der Waals surface area (Å²) >= 11 is 12.0. The van der Waals surface area contributed by atoms with Crippen LogP contribution in [0.1, 0.15) is 5.56 Å². The molecule has 4 rings (SSSR count). The molecule has 0 spiro atoms. The van der Waals surface area contributed by atoms with Gasteiger partial charge in [0, 0.05) is 33.9 Å². The van der Waals surface area contributed by atoms with Gasteiger partial charge in [-0.05, 0) is 48.4 Å². The Morgan fingerprint density at radius 3 is 2.64 bits per heavy atom. The van der Waals surface area contributed by atoms with E-state index >= 15 is 0 Å². The van der Waals surface area contributed by atoms with Crippen LogP contribution in [0.4, 0.5) is 11.4 Å². The molecule has 1 saturated heterocycles. The molecule has 0 amide bonds. The predicted molar refractivity (Wildman–Crippen MR) is 92.4 cm³/mol. The fraction of sp³-hybridized carbons (Fsp3) is 0.235. The van der Waals surface area contributed by atoms with E-state index in [1.165, 1.54) is 11.3 Å². The standard InChI is InChI=1S/C17H15Cl2N3/c18-13-3-5-15(6-4-13)21-22-9-12-7-11-1-2-14(19)8-16(11)20-17(12)10-22/h1-6,8,12,21H,7,9-10H2. The van der Waals surface area contributed by atoms with Crippen molar-refractivity contribution in [2.24, 2.45) is 10.9 Å². The number of halogens is 2. The molecule has 2 aromatic carbocycles. The minimum absolute atomic E-state index is 0.480. The third-order valence-electron chi connectivity index (χ3n) is 4.17. The molecule has 112 valence electrons. The highest BCUT2D eigenvalue weighted by atomic mass is 35.5. The molecule has 5 heteroatoms. The van der Waals surface area contributed by atoms with Gasteiger partial charge in [0.1, 0.15) is 0 Å². The Balaban J connectivity index is 1.51. The number of hydrazine groups is 1. The molecular weight excluding hydrogens is 317 g/mol. The van der Waals surface area contributed by atoms with E-state index in [9.17, 15) is 0 Å². The summed E-state index contributed by atoms with van der Waals surface area (Å²) in [5.41, 5.74) is 8.01. The number of hydrogen-bond acceptors (Lipinski definition) is 3. The second-order valence-electron chi connectivity index (χ2n) is 5.78.